The fourth-order valence-electron chi connectivity index (χ4n) is 2.12. The van der Waals surface area contributed by atoms with E-state index in [1.54, 1.807) is 0 Å². The molecule has 0 atom stereocenters. The number of fused-ring (bicyclic) bond motifs is 1. The van der Waals surface area contributed by atoms with Crippen molar-refractivity contribution >= 4 is 28.4 Å². The minimum atomic E-state index is -0.115. The summed E-state index contributed by atoms with van der Waals surface area (Å²) < 4.78 is 0. The van der Waals surface area contributed by atoms with Crippen LogP contribution in [0, 0.1) is 0 Å². The van der Waals surface area contributed by atoms with Crippen LogP contribution in [0.3, 0.4) is 0 Å². The molecule has 0 aliphatic carbocycles. The van der Waals surface area contributed by atoms with Crippen LogP contribution in [0.15, 0.2) is 29.1 Å². The molecule has 1 N–H and O–H groups in total. The molecule has 0 bridgehead atoms. The summed E-state index contributed by atoms with van der Waals surface area (Å²) >= 11 is 1.96. The van der Waals surface area contributed by atoms with Crippen LogP contribution in [0.25, 0.3) is 10.8 Å². The first-order chi connectivity index (χ1) is 8.36. The summed E-state index contributed by atoms with van der Waals surface area (Å²) in [5, 5.41) is 8.46. The zero-order chi connectivity index (χ0) is 11.7. The van der Waals surface area contributed by atoms with E-state index in [9.17, 15) is 4.79 Å². The van der Waals surface area contributed by atoms with Gasteiger partial charge in [0.1, 0.15) is 0 Å². The molecule has 5 heteroatoms. The van der Waals surface area contributed by atoms with Crippen molar-refractivity contribution in [1.82, 2.24) is 10.2 Å². The van der Waals surface area contributed by atoms with Crippen LogP contribution in [-0.4, -0.2) is 34.8 Å². The number of rotatable bonds is 1. The van der Waals surface area contributed by atoms with Gasteiger partial charge in [-0.1, -0.05) is 18.2 Å². The first-order valence-electron chi connectivity index (χ1n) is 5.66. The van der Waals surface area contributed by atoms with E-state index in [1.807, 2.05) is 36.0 Å². The third kappa shape index (κ3) is 1.91. The maximum Gasteiger partial charge on any atom is 0.272 e. The molecule has 0 saturated carbocycles. The average molecular weight is 247 g/mol. The Kier molecular flexibility index (Phi) is 2.76. The molecule has 3 rings (SSSR count). The van der Waals surface area contributed by atoms with Gasteiger partial charge in [-0.25, -0.2) is 5.10 Å². The number of aromatic amines is 1. The molecule has 0 spiro atoms. The third-order valence-corrected chi connectivity index (χ3v) is 3.93. The molecule has 0 amide bonds. The van der Waals surface area contributed by atoms with Crippen LogP contribution in [-0.2, 0) is 0 Å². The van der Waals surface area contributed by atoms with Crippen LogP contribution in [0.4, 0.5) is 5.82 Å². The van der Waals surface area contributed by atoms with Crippen molar-refractivity contribution in [3.63, 3.8) is 0 Å². The van der Waals surface area contributed by atoms with Crippen molar-refractivity contribution in [3.8, 4) is 0 Å². The number of H-pyrrole nitrogens is 1. The fourth-order valence-corrected chi connectivity index (χ4v) is 3.02. The summed E-state index contributed by atoms with van der Waals surface area (Å²) in [7, 11) is 0. The monoisotopic (exact) mass is 247 g/mol. The molecule has 2 heterocycles. The van der Waals surface area contributed by atoms with Gasteiger partial charge < -0.3 is 4.90 Å². The topological polar surface area (TPSA) is 49.0 Å². The molecule has 0 radical (unpaired) electrons. The van der Waals surface area contributed by atoms with Gasteiger partial charge in [-0.2, -0.15) is 16.9 Å². The maximum absolute atomic E-state index is 11.7. The average Bonchev–Trinajstić information content (AvgIpc) is 2.41. The van der Waals surface area contributed by atoms with Crippen molar-refractivity contribution in [1.29, 1.82) is 0 Å². The number of anilines is 1. The van der Waals surface area contributed by atoms with Crippen LogP contribution in [0.5, 0.6) is 0 Å². The van der Waals surface area contributed by atoms with Gasteiger partial charge in [0.25, 0.3) is 5.56 Å². The maximum atomic E-state index is 11.7. The van der Waals surface area contributed by atoms with E-state index in [-0.39, 0.29) is 5.56 Å². The van der Waals surface area contributed by atoms with Crippen molar-refractivity contribution in [2.45, 2.75) is 0 Å². The highest BCUT2D eigenvalue weighted by atomic mass is 32.2. The highest BCUT2D eigenvalue weighted by Gasteiger charge is 2.15. The molecule has 1 aromatic heterocycles. The van der Waals surface area contributed by atoms with Crippen molar-refractivity contribution < 1.29 is 0 Å². The first-order valence-corrected chi connectivity index (χ1v) is 6.82. The van der Waals surface area contributed by atoms with Gasteiger partial charge in [-0.3, -0.25) is 4.79 Å². The normalized spacial score (nSPS) is 16.4. The highest BCUT2D eigenvalue weighted by Crippen LogP contribution is 2.23. The molecule has 88 valence electrons. The molecule has 0 unspecified atom stereocenters. The largest absolute Gasteiger partial charge is 0.353 e. The lowest BCUT2D eigenvalue weighted by atomic mass is 10.2. The molecule has 1 saturated heterocycles. The van der Waals surface area contributed by atoms with Crippen LogP contribution < -0.4 is 10.5 Å². The lowest BCUT2D eigenvalue weighted by molar-refractivity contribution is 0.822. The predicted molar refractivity (Wildman–Crippen MR) is 71.9 cm³/mol. The number of hydrogen-bond donors (Lipinski definition) is 1. The minimum Gasteiger partial charge on any atom is -0.353 e. The summed E-state index contributed by atoms with van der Waals surface area (Å²) in [5.41, 5.74) is -0.115. The van der Waals surface area contributed by atoms with Crippen LogP contribution in [0.1, 0.15) is 0 Å². The Hall–Kier alpha value is -1.49. The standard InChI is InChI=1S/C12H13N3OS/c16-12-10-4-2-1-3-9(10)11(13-14-12)15-5-7-17-8-6-15/h1-4H,5-8H2,(H,14,16). The summed E-state index contributed by atoms with van der Waals surface area (Å²) in [6, 6.07) is 7.64. The lowest BCUT2D eigenvalue weighted by Gasteiger charge is -2.27. The second-order valence-electron chi connectivity index (χ2n) is 4.02. The zero-order valence-electron chi connectivity index (χ0n) is 9.35. The Morgan fingerprint density at radius 1 is 1.18 bits per heavy atom. The van der Waals surface area contributed by atoms with E-state index in [4.69, 9.17) is 0 Å². The molecule has 4 nitrogen and oxygen atoms in total. The van der Waals surface area contributed by atoms with E-state index < -0.39 is 0 Å². The van der Waals surface area contributed by atoms with Crippen LogP contribution in [0.2, 0.25) is 0 Å². The van der Waals surface area contributed by atoms with Gasteiger partial charge in [0.05, 0.1) is 5.39 Å². The molecule has 17 heavy (non-hydrogen) atoms. The summed E-state index contributed by atoms with van der Waals surface area (Å²) in [4.78, 5) is 13.9. The van der Waals surface area contributed by atoms with E-state index in [0.717, 1.165) is 41.2 Å². The Bertz CT molecular complexity index is 590. The number of nitrogens with zero attached hydrogens (tertiary/aromatic N) is 2. The Balaban J connectivity index is 2.16. The smallest absolute Gasteiger partial charge is 0.272 e. The summed E-state index contributed by atoms with van der Waals surface area (Å²) in [6.45, 7) is 1.99. The SMILES string of the molecule is O=c1[nH]nc(N2CCSCC2)c2ccccc12. The first kappa shape index (κ1) is 10.7. The second-order valence-corrected chi connectivity index (χ2v) is 5.25. The number of aromatic nitrogens is 2. The number of hydrogen-bond acceptors (Lipinski definition) is 4. The Labute approximate surface area is 103 Å². The Morgan fingerprint density at radius 2 is 1.88 bits per heavy atom. The quantitative estimate of drug-likeness (QED) is 0.829. The molecular formula is C12H13N3OS. The highest BCUT2D eigenvalue weighted by molar-refractivity contribution is 7.99. The molecule has 1 aliphatic heterocycles. The number of nitrogens with one attached hydrogen (secondary N) is 1. The molecule has 1 aliphatic rings. The summed E-state index contributed by atoms with van der Waals surface area (Å²) in [6.07, 6.45) is 0. The van der Waals surface area contributed by atoms with Gasteiger partial charge in [0, 0.05) is 30.0 Å². The van der Waals surface area contributed by atoms with Crippen molar-refractivity contribution in [3.05, 3.63) is 34.6 Å². The minimum absolute atomic E-state index is 0.115. The molecule has 1 aromatic carbocycles. The van der Waals surface area contributed by atoms with Crippen molar-refractivity contribution in [2.24, 2.45) is 0 Å². The second kappa shape index (κ2) is 4.41. The zero-order valence-corrected chi connectivity index (χ0v) is 10.2. The van der Waals surface area contributed by atoms with Gasteiger partial charge in [-0.15, -0.1) is 0 Å². The van der Waals surface area contributed by atoms with Crippen LogP contribution >= 0.6 is 11.8 Å². The predicted octanol–water partition coefficient (Wildman–Crippen LogP) is 1.48. The van der Waals surface area contributed by atoms with E-state index in [2.05, 4.69) is 15.1 Å². The lowest BCUT2D eigenvalue weighted by Crippen LogP contribution is -2.34. The Morgan fingerprint density at radius 3 is 2.65 bits per heavy atom. The van der Waals surface area contributed by atoms with E-state index in [1.165, 1.54) is 0 Å². The van der Waals surface area contributed by atoms with E-state index in [0.29, 0.717) is 0 Å². The van der Waals surface area contributed by atoms with Gasteiger partial charge in [0.15, 0.2) is 5.82 Å². The number of thioether (sulfide) groups is 1. The molecule has 2 aromatic rings. The molecule has 1 fully saturated rings. The van der Waals surface area contributed by atoms with Gasteiger partial charge in [0.2, 0.25) is 0 Å². The molecular weight excluding hydrogens is 234 g/mol. The fraction of sp³-hybridized carbons (Fsp3) is 0.333. The van der Waals surface area contributed by atoms with Crippen molar-refractivity contribution in [2.75, 3.05) is 29.5 Å². The third-order valence-electron chi connectivity index (χ3n) is 2.99. The van der Waals surface area contributed by atoms with E-state index >= 15 is 0 Å². The van der Waals surface area contributed by atoms with Gasteiger partial charge >= 0.3 is 0 Å². The summed E-state index contributed by atoms with van der Waals surface area (Å²) in [5.74, 6) is 3.14. The number of benzene rings is 1. The van der Waals surface area contributed by atoms with Gasteiger partial charge in [-0.05, 0) is 6.07 Å².